The number of halogens is 1. The minimum absolute atomic E-state index is 0.201. The highest BCUT2D eigenvalue weighted by Gasteiger charge is 2.12. The molecule has 144 valence electrons. The van der Waals surface area contributed by atoms with Gasteiger partial charge in [0.1, 0.15) is 17.3 Å². The average Bonchev–Trinajstić information content (AvgIpc) is 2.73. The van der Waals surface area contributed by atoms with E-state index in [0.717, 1.165) is 22.0 Å². The molecule has 1 aromatic heterocycles. The Hall–Kier alpha value is -3.73. The smallest absolute Gasteiger partial charge is 0.251 e. The first-order chi connectivity index (χ1) is 14.1. The lowest BCUT2D eigenvalue weighted by Crippen LogP contribution is -2.23. The summed E-state index contributed by atoms with van der Waals surface area (Å²) in [6.07, 6.45) is 1.63. The molecule has 0 fully saturated rings. The summed E-state index contributed by atoms with van der Waals surface area (Å²) in [6, 6.07) is 21.0. The molecule has 0 bridgehead atoms. The summed E-state index contributed by atoms with van der Waals surface area (Å²) in [5, 5.41) is 3.64. The van der Waals surface area contributed by atoms with Gasteiger partial charge in [0.25, 0.3) is 5.91 Å². The van der Waals surface area contributed by atoms with E-state index >= 15 is 0 Å². The first-order valence-electron chi connectivity index (χ1n) is 9.25. The average molecular weight is 386 g/mol. The molecule has 4 aromatic rings. The SMILES string of the molecule is Cc1ccccc1CNC(=O)c1cc(F)cc(Oc2ccnc3ccccc23)c1. The number of benzene rings is 3. The third-order valence-corrected chi connectivity index (χ3v) is 4.67. The number of para-hydroxylation sites is 1. The van der Waals surface area contributed by atoms with Gasteiger partial charge in [0, 0.05) is 29.8 Å². The number of carbonyl (C=O) groups is 1. The van der Waals surface area contributed by atoms with Gasteiger partial charge in [0.15, 0.2) is 0 Å². The fourth-order valence-electron chi connectivity index (χ4n) is 3.12. The van der Waals surface area contributed by atoms with Crippen molar-refractivity contribution in [2.45, 2.75) is 13.5 Å². The van der Waals surface area contributed by atoms with Gasteiger partial charge in [-0.05, 0) is 48.4 Å². The van der Waals surface area contributed by atoms with Crippen LogP contribution in [0.5, 0.6) is 11.5 Å². The van der Waals surface area contributed by atoms with E-state index in [4.69, 9.17) is 4.74 Å². The van der Waals surface area contributed by atoms with Crippen LogP contribution in [0, 0.1) is 12.7 Å². The Morgan fingerprint density at radius 3 is 2.69 bits per heavy atom. The van der Waals surface area contributed by atoms with Crippen molar-refractivity contribution in [3.63, 3.8) is 0 Å². The fourth-order valence-corrected chi connectivity index (χ4v) is 3.12. The maximum atomic E-state index is 14.2. The second kappa shape index (κ2) is 8.10. The molecule has 0 atom stereocenters. The molecule has 0 aliphatic carbocycles. The van der Waals surface area contributed by atoms with Crippen LogP contribution in [-0.4, -0.2) is 10.9 Å². The predicted molar refractivity (Wildman–Crippen MR) is 111 cm³/mol. The van der Waals surface area contributed by atoms with Crippen molar-refractivity contribution in [1.29, 1.82) is 0 Å². The van der Waals surface area contributed by atoms with Gasteiger partial charge < -0.3 is 10.1 Å². The van der Waals surface area contributed by atoms with Gasteiger partial charge in [-0.15, -0.1) is 0 Å². The molecule has 1 heterocycles. The number of aromatic nitrogens is 1. The monoisotopic (exact) mass is 386 g/mol. The van der Waals surface area contributed by atoms with Crippen LogP contribution in [0.4, 0.5) is 4.39 Å². The van der Waals surface area contributed by atoms with Gasteiger partial charge >= 0.3 is 0 Å². The molecule has 4 rings (SSSR count). The summed E-state index contributed by atoms with van der Waals surface area (Å²) in [5.41, 5.74) is 3.07. The second-order valence-corrected chi connectivity index (χ2v) is 6.71. The standard InChI is InChI=1S/C24H19FN2O2/c1-16-6-2-3-7-17(16)15-27-24(28)18-12-19(25)14-20(13-18)29-23-10-11-26-22-9-5-4-8-21(22)23/h2-14H,15H2,1H3,(H,27,28). The number of fused-ring (bicyclic) bond motifs is 1. The van der Waals surface area contributed by atoms with Crippen molar-refractivity contribution in [3.05, 3.63) is 102 Å². The largest absolute Gasteiger partial charge is 0.456 e. The number of amides is 1. The van der Waals surface area contributed by atoms with Crippen LogP contribution in [0.25, 0.3) is 10.9 Å². The molecule has 1 N–H and O–H groups in total. The Balaban J connectivity index is 1.56. The first kappa shape index (κ1) is 18.6. The number of ether oxygens (including phenoxy) is 1. The summed E-state index contributed by atoms with van der Waals surface area (Å²) in [7, 11) is 0. The van der Waals surface area contributed by atoms with E-state index in [1.807, 2.05) is 55.5 Å². The van der Waals surface area contributed by atoms with Gasteiger partial charge in [0.2, 0.25) is 0 Å². The van der Waals surface area contributed by atoms with E-state index in [2.05, 4.69) is 10.3 Å². The molecular formula is C24H19FN2O2. The topological polar surface area (TPSA) is 51.2 Å². The predicted octanol–water partition coefficient (Wildman–Crippen LogP) is 5.40. The summed E-state index contributed by atoms with van der Waals surface area (Å²) < 4.78 is 20.0. The van der Waals surface area contributed by atoms with Gasteiger partial charge in [-0.2, -0.15) is 0 Å². The van der Waals surface area contributed by atoms with E-state index in [-0.39, 0.29) is 17.2 Å². The fraction of sp³-hybridized carbons (Fsp3) is 0.0833. The van der Waals surface area contributed by atoms with Crippen LogP contribution >= 0.6 is 0 Å². The van der Waals surface area contributed by atoms with E-state index in [9.17, 15) is 9.18 Å². The molecule has 1 amide bonds. The van der Waals surface area contributed by atoms with Crippen molar-refractivity contribution in [2.24, 2.45) is 0 Å². The molecule has 0 unspecified atom stereocenters. The van der Waals surface area contributed by atoms with E-state index < -0.39 is 5.82 Å². The minimum Gasteiger partial charge on any atom is -0.456 e. The van der Waals surface area contributed by atoms with Crippen LogP contribution in [0.1, 0.15) is 21.5 Å². The zero-order chi connectivity index (χ0) is 20.2. The summed E-state index contributed by atoms with van der Waals surface area (Å²) in [6.45, 7) is 2.35. The molecular weight excluding hydrogens is 367 g/mol. The lowest BCUT2D eigenvalue weighted by atomic mass is 10.1. The van der Waals surface area contributed by atoms with Crippen LogP contribution in [0.3, 0.4) is 0 Å². The Morgan fingerprint density at radius 1 is 1.03 bits per heavy atom. The summed E-state index contributed by atoms with van der Waals surface area (Å²) >= 11 is 0. The molecule has 29 heavy (non-hydrogen) atoms. The van der Waals surface area contributed by atoms with Crippen LogP contribution in [0.2, 0.25) is 0 Å². The van der Waals surface area contributed by atoms with E-state index in [0.29, 0.717) is 12.3 Å². The lowest BCUT2D eigenvalue weighted by Gasteiger charge is -2.11. The quantitative estimate of drug-likeness (QED) is 0.499. The highest BCUT2D eigenvalue weighted by molar-refractivity contribution is 5.94. The number of aryl methyl sites for hydroxylation is 1. The first-order valence-corrected chi connectivity index (χ1v) is 9.25. The maximum Gasteiger partial charge on any atom is 0.251 e. The van der Waals surface area contributed by atoms with Gasteiger partial charge in [0.05, 0.1) is 5.52 Å². The molecule has 0 spiro atoms. The molecule has 0 aliphatic heterocycles. The summed E-state index contributed by atoms with van der Waals surface area (Å²) in [5.74, 6) is -0.103. The van der Waals surface area contributed by atoms with Gasteiger partial charge in [-0.3, -0.25) is 9.78 Å². The van der Waals surface area contributed by atoms with Crippen molar-refractivity contribution in [3.8, 4) is 11.5 Å². The molecule has 5 heteroatoms. The van der Waals surface area contributed by atoms with Gasteiger partial charge in [-0.25, -0.2) is 4.39 Å². The normalized spacial score (nSPS) is 10.7. The Labute approximate surface area is 168 Å². The van der Waals surface area contributed by atoms with Crippen molar-refractivity contribution < 1.29 is 13.9 Å². The van der Waals surface area contributed by atoms with Crippen LogP contribution < -0.4 is 10.1 Å². The number of nitrogens with zero attached hydrogens (tertiary/aromatic N) is 1. The highest BCUT2D eigenvalue weighted by atomic mass is 19.1. The van der Waals surface area contributed by atoms with E-state index in [1.165, 1.54) is 18.2 Å². The van der Waals surface area contributed by atoms with Crippen molar-refractivity contribution >= 4 is 16.8 Å². The minimum atomic E-state index is -0.540. The van der Waals surface area contributed by atoms with Crippen molar-refractivity contribution in [1.82, 2.24) is 10.3 Å². The zero-order valence-electron chi connectivity index (χ0n) is 15.9. The van der Waals surface area contributed by atoms with Crippen LogP contribution in [0.15, 0.2) is 79.0 Å². The van der Waals surface area contributed by atoms with Crippen molar-refractivity contribution in [2.75, 3.05) is 0 Å². The Morgan fingerprint density at radius 2 is 1.83 bits per heavy atom. The number of pyridine rings is 1. The third kappa shape index (κ3) is 4.24. The lowest BCUT2D eigenvalue weighted by molar-refractivity contribution is 0.0950. The molecule has 0 saturated carbocycles. The maximum absolute atomic E-state index is 14.2. The molecule has 0 saturated heterocycles. The number of carbonyl (C=O) groups excluding carboxylic acids is 1. The molecule has 3 aromatic carbocycles. The second-order valence-electron chi connectivity index (χ2n) is 6.71. The van der Waals surface area contributed by atoms with Crippen LogP contribution in [-0.2, 0) is 6.54 Å². The number of nitrogens with one attached hydrogen (secondary N) is 1. The molecule has 0 aliphatic rings. The Bertz CT molecular complexity index is 1190. The Kier molecular flexibility index (Phi) is 5.20. The number of rotatable bonds is 5. The summed E-state index contributed by atoms with van der Waals surface area (Å²) in [4.78, 5) is 16.8. The number of hydrogen-bond donors (Lipinski definition) is 1. The molecule has 0 radical (unpaired) electrons. The van der Waals surface area contributed by atoms with Gasteiger partial charge in [-0.1, -0.05) is 36.4 Å². The number of hydrogen-bond acceptors (Lipinski definition) is 3. The third-order valence-electron chi connectivity index (χ3n) is 4.67. The highest BCUT2D eigenvalue weighted by Crippen LogP contribution is 2.29. The van der Waals surface area contributed by atoms with E-state index in [1.54, 1.807) is 12.3 Å². The molecule has 4 nitrogen and oxygen atoms in total. The zero-order valence-corrected chi connectivity index (χ0v) is 15.9.